The van der Waals surface area contributed by atoms with Crippen LogP contribution in [0.25, 0.3) is 0 Å². The second kappa shape index (κ2) is 6.06. The van der Waals surface area contributed by atoms with E-state index in [0.717, 1.165) is 17.9 Å². The summed E-state index contributed by atoms with van der Waals surface area (Å²) in [6, 6.07) is 6.88. The van der Waals surface area contributed by atoms with Gasteiger partial charge in [0.25, 0.3) is 0 Å². The van der Waals surface area contributed by atoms with E-state index in [1.165, 1.54) is 0 Å². The number of thioether (sulfide) groups is 1. The van der Waals surface area contributed by atoms with Gasteiger partial charge in [0, 0.05) is 13.1 Å². The van der Waals surface area contributed by atoms with Gasteiger partial charge in [-0.3, -0.25) is 0 Å². The Hall–Kier alpha value is -0.560. The lowest BCUT2D eigenvalue weighted by atomic mass is 10.1. The molecule has 100 valence electrons. The highest BCUT2D eigenvalue weighted by Crippen LogP contribution is 2.23. The van der Waals surface area contributed by atoms with Gasteiger partial charge in [-0.25, -0.2) is 13.1 Å². The molecule has 0 aromatic heterocycles. The zero-order valence-electron chi connectivity index (χ0n) is 10.1. The highest BCUT2D eigenvalue weighted by atomic mass is 32.2. The topological polar surface area (TPSA) is 72.2 Å². The number of hydrogen-bond acceptors (Lipinski definition) is 4. The zero-order valence-corrected chi connectivity index (χ0v) is 11.8. The minimum absolute atomic E-state index is 0.233. The van der Waals surface area contributed by atoms with Crippen LogP contribution in [-0.4, -0.2) is 26.5 Å². The first-order valence-corrected chi connectivity index (χ1v) is 8.62. The molecule has 0 bridgehead atoms. The van der Waals surface area contributed by atoms with Crippen LogP contribution in [-0.2, 0) is 16.6 Å². The van der Waals surface area contributed by atoms with E-state index in [9.17, 15) is 8.42 Å². The Labute approximate surface area is 112 Å². The monoisotopic (exact) mass is 286 g/mol. The van der Waals surface area contributed by atoms with Crippen molar-refractivity contribution in [2.45, 2.75) is 17.9 Å². The number of sulfonamides is 1. The fourth-order valence-corrected chi connectivity index (χ4v) is 4.63. The molecule has 0 aliphatic carbocycles. The highest BCUT2D eigenvalue weighted by Gasteiger charge is 2.21. The normalized spacial score (nSPS) is 20.2. The second-order valence-electron chi connectivity index (χ2n) is 4.39. The Morgan fingerprint density at radius 1 is 1.39 bits per heavy atom. The first-order valence-electron chi connectivity index (χ1n) is 5.99. The summed E-state index contributed by atoms with van der Waals surface area (Å²) in [5, 5.41) is 0. The molecule has 0 saturated carbocycles. The van der Waals surface area contributed by atoms with E-state index in [4.69, 9.17) is 5.73 Å². The molecule has 1 heterocycles. The molecule has 1 aromatic rings. The van der Waals surface area contributed by atoms with Crippen LogP contribution in [0.3, 0.4) is 0 Å². The highest BCUT2D eigenvalue weighted by molar-refractivity contribution is 7.99. The summed E-state index contributed by atoms with van der Waals surface area (Å²) in [7, 11) is -3.43. The van der Waals surface area contributed by atoms with Crippen molar-refractivity contribution >= 4 is 21.8 Å². The molecule has 0 amide bonds. The lowest BCUT2D eigenvalue weighted by Gasteiger charge is -2.13. The predicted molar refractivity (Wildman–Crippen MR) is 75.0 cm³/mol. The predicted octanol–water partition coefficient (Wildman–Crippen LogP) is 1.18. The third kappa shape index (κ3) is 3.26. The first-order chi connectivity index (χ1) is 8.63. The molecule has 1 atom stereocenters. The van der Waals surface area contributed by atoms with E-state index in [1.807, 2.05) is 11.8 Å². The fourth-order valence-electron chi connectivity index (χ4n) is 1.98. The van der Waals surface area contributed by atoms with Gasteiger partial charge in [-0.05, 0) is 35.5 Å². The molecule has 1 aliphatic heterocycles. The molecule has 4 nitrogen and oxygen atoms in total. The maximum atomic E-state index is 12.2. The van der Waals surface area contributed by atoms with E-state index in [2.05, 4.69) is 4.72 Å². The first kappa shape index (κ1) is 13.9. The van der Waals surface area contributed by atoms with Crippen molar-refractivity contribution < 1.29 is 8.42 Å². The number of hydrogen-bond donors (Lipinski definition) is 2. The maximum Gasteiger partial charge on any atom is 0.240 e. The van der Waals surface area contributed by atoms with Gasteiger partial charge in [0.1, 0.15) is 0 Å². The molecule has 1 saturated heterocycles. The standard InChI is InChI=1S/C12H18N2O2S2/c13-7-11-3-1-2-4-12(11)18(15,16)14-8-10-5-6-17-9-10/h1-4,10,14H,5-9,13H2. The molecule has 1 unspecified atom stereocenters. The van der Waals surface area contributed by atoms with Gasteiger partial charge in [0.15, 0.2) is 0 Å². The molecule has 18 heavy (non-hydrogen) atoms. The van der Waals surface area contributed by atoms with Crippen molar-refractivity contribution in [2.75, 3.05) is 18.1 Å². The Bertz CT molecular complexity index is 497. The zero-order chi connectivity index (χ0) is 13.0. The minimum Gasteiger partial charge on any atom is -0.326 e. The van der Waals surface area contributed by atoms with Gasteiger partial charge in [-0.2, -0.15) is 11.8 Å². The maximum absolute atomic E-state index is 12.2. The largest absolute Gasteiger partial charge is 0.326 e. The average Bonchev–Trinajstić information content (AvgIpc) is 2.89. The van der Waals surface area contributed by atoms with Crippen LogP contribution in [0.5, 0.6) is 0 Å². The molecule has 0 radical (unpaired) electrons. The van der Waals surface area contributed by atoms with E-state index in [-0.39, 0.29) is 6.54 Å². The molecular weight excluding hydrogens is 268 g/mol. The molecule has 1 aliphatic rings. The van der Waals surface area contributed by atoms with Crippen molar-refractivity contribution in [3.05, 3.63) is 29.8 Å². The van der Waals surface area contributed by atoms with E-state index >= 15 is 0 Å². The molecule has 1 aromatic carbocycles. The molecule has 2 rings (SSSR count). The van der Waals surface area contributed by atoms with Gasteiger partial charge < -0.3 is 5.73 Å². The van der Waals surface area contributed by atoms with Crippen molar-refractivity contribution in [3.63, 3.8) is 0 Å². The van der Waals surface area contributed by atoms with Gasteiger partial charge >= 0.3 is 0 Å². The van der Waals surface area contributed by atoms with E-state index in [1.54, 1.807) is 24.3 Å². The van der Waals surface area contributed by atoms with Crippen LogP contribution in [0.4, 0.5) is 0 Å². The summed E-state index contributed by atoms with van der Waals surface area (Å²) in [5.74, 6) is 2.63. The van der Waals surface area contributed by atoms with Gasteiger partial charge in [-0.15, -0.1) is 0 Å². The summed E-state index contributed by atoms with van der Waals surface area (Å²) in [5.41, 5.74) is 6.23. The molecule has 6 heteroatoms. The minimum atomic E-state index is -3.43. The quantitative estimate of drug-likeness (QED) is 0.852. The molecular formula is C12H18N2O2S2. The van der Waals surface area contributed by atoms with Gasteiger partial charge in [0.2, 0.25) is 10.0 Å². The van der Waals surface area contributed by atoms with Crippen molar-refractivity contribution in [3.8, 4) is 0 Å². The van der Waals surface area contributed by atoms with Crippen LogP contribution < -0.4 is 10.5 Å². The lowest BCUT2D eigenvalue weighted by Crippen LogP contribution is -2.30. The fraction of sp³-hybridized carbons (Fsp3) is 0.500. The molecule has 0 spiro atoms. The number of nitrogens with two attached hydrogens (primary N) is 1. The SMILES string of the molecule is NCc1ccccc1S(=O)(=O)NCC1CCSC1. The summed E-state index contributed by atoms with van der Waals surface area (Å²) in [6.45, 7) is 0.755. The van der Waals surface area contributed by atoms with Gasteiger partial charge in [0.05, 0.1) is 4.90 Å². The summed E-state index contributed by atoms with van der Waals surface area (Å²) < 4.78 is 27.1. The Morgan fingerprint density at radius 3 is 2.83 bits per heavy atom. The Morgan fingerprint density at radius 2 is 2.17 bits per heavy atom. The smallest absolute Gasteiger partial charge is 0.240 e. The summed E-state index contributed by atoms with van der Waals surface area (Å²) in [4.78, 5) is 0.304. The van der Waals surface area contributed by atoms with Crippen LogP contribution in [0.15, 0.2) is 29.2 Å². The molecule has 3 N–H and O–H groups in total. The van der Waals surface area contributed by atoms with Crippen molar-refractivity contribution in [1.29, 1.82) is 0 Å². The third-order valence-electron chi connectivity index (χ3n) is 3.07. The summed E-state index contributed by atoms with van der Waals surface area (Å²) in [6.07, 6.45) is 1.09. The lowest BCUT2D eigenvalue weighted by molar-refractivity contribution is 0.545. The van der Waals surface area contributed by atoms with Crippen molar-refractivity contribution in [2.24, 2.45) is 11.7 Å². The average molecular weight is 286 g/mol. The second-order valence-corrected chi connectivity index (χ2v) is 7.28. The van der Waals surface area contributed by atoms with Gasteiger partial charge in [-0.1, -0.05) is 18.2 Å². The van der Waals surface area contributed by atoms with Crippen molar-refractivity contribution in [1.82, 2.24) is 4.72 Å². The van der Waals surface area contributed by atoms with Crippen LogP contribution in [0.1, 0.15) is 12.0 Å². The number of nitrogens with one attached hydrogen (secondary N) is 1. The third-order valence-corrected chi connectivity index (χ3v) is 5.82. The number of rotatable bonds is 5. The molecule has 1 fully saturated rings. The van der Waals surface area contributed by atoms with E-state index in [0.29, 0.717) is 22.9 Å². The summed E-state index contributed by atoms with van der Waals surface area (Å²) >= 11 is 1.88. The number of benzene rings is 1. The van der Waals surface area contributed by atoms with Crippen LogP contribution in [0, 0.1) is 5.92 Å². The Kier molecular flexibility index (Phi) is 4.66. The van der Waals surface area contributed by atoms with E-state index < -0.39 is 10.0 Å². The Balaban J connectivity index is 2.09. The van der Waals surface area contributed by atoms with Crippen LogP contribution >= 0.6 is 11.8 Å². The van der Waals surface area contributed by atoms with Crippen LogP contribution in [0.2, 0.25) is 0 Å².